The number of halogens is 6. The van der Waals surface area contributed by atoms with Crippen molar-refractivity contribution >= 4 is 15.9 Å². The van der Waals surface area contributed by atoms with Crippen LogP contribution >= 0.6 is 15.9 Å². The fraction of sp³-hybridized carbons (Fsp3) is 0.143. The second-order valence-electron chi connectivity index (χ2n) is 4.35. The quantitative estimate of drug-likeness (QED) is 0.760. The van der Waals surface area contributed by atoms with E-state index in [0.717, 1.165) is 0 Å². The molecule has 0 saturated heterocycles. The standard InChI is InChI=1S/C14H9BrF5N/c15-10-3-1-2-8(12(10)17)13(21)9-6-7(14(18,19)20)4-5-11(9)16/h1-6,13H,21H2. The molecule has 0 radical (unpaired) electrons. The van der Waals surface area contributed by atoms with Gasteiger partial charge in [-0.2, -0.15) is 13.2 Å². The first kappa shape index (κ1) is 15.9. The molecule has 112 valence electrons. The zero-order valence-electron chi connectivity index (χ0n) is 10.4. The molecular weight excluding hydrogens is 357 g/mol. The highest BCUT2D eigenvalue weighted by atomic mass is 79.9. The lowest BCUT2D eigenvalue weighted by atomic mass is 9.97. The molecule has 2 aromatic rings. The van der Waals surface area contributed by atoms with Gasteiger partial charge in [0.25, 0.3) is 0 Å². The summed E-state index contributed by atoms with van der Waals surface area (Å²) in [4.78, 5) is 0. The average molecular weight is 366 g/mol. The second-order valence-corrected chi connectivity index (χ2v) is 5.21. The molecule has 0 fully saturated rings. The Hall–Kier alpha value is -1.47. The van der Waals surface area contributed by atoms with Crippen LogP contribution in [0, 0.1) is 11.6 Å². The zero-order chi connectivity index (χ0) is 15.8. The van der Waals surface area contributed by atoms with Gasteiger partial charge in [0, 0.05) is 11.1 Å². The van der Waals surface area contributed by atoms with Crippen LogP contribution in [0.3, 0.4) is 0 Å². The Morgan fingerprint density at radius 2 is 1.67 bits per heavy atom. The van der Waals surface area contributed by atoms with E-state index in [9.17, 15) is 22.0 Å². The van der Waals surface area contributed by atoms with Gasteiger partial charge in [-0.05, 0) is 40.2 Å². The van der Waals surface area contributed by atoms with Crippen LogP contribution in [-0.4, -0.2) is 0 Å². The predicted octanol–water partition coefficient (Wildman–Crippen LogP) is 4.79. The molecule has 0 aliphatic heterocycles. The van der Waals surface area contributed by atoms with Gasteiger partial charge in [-0.25, -0.2) is 8.78 Å². The minimum Gasteiger partial charge on any atom is -0.320 e. The number of nitrogens with two attached hydrogens (primary N) is 1. The maximum atomic E-state index is 13.9. The van der Waals surface area contributed by atoms with Crippen LogP contribution in [0.5, 0.6) is 0 Å². The monoisotopic (exact) mass is 365 g/mol. The third-order valence-electron chi connectivity index (χ3n) is 2.97. The highest BCUT2D eigenvalue weighted by Gasteiger charge is 2.32. The summed E-state index contributed by atoms with van der Waals surface area (Å²) in [6.45, 7) is 0. The molecule has 0 amide bonds. The van der Waals surface area contributed by atoms with E-state index in [0.29, 0.717) is 18.2 Å². The summed E-state index contributed by atoms with van der Waals surface area (Å²) in [6.07, 6.45) is -4.63. The van der Waals surface area contributed by atoms with E-state index in [1.54, 1.807) is 0 Å². The van der Waals surface area contributed by atoms with Crippen molar-refractivity contribution in [2.45, 2.75) is 12.2 Å². The van der Waals surface area contributed by atoms with E-state index >= 15 is 0 Å². The summed E-state index contributed by atoms with van der Waals surface area (Å²) in [6, 6.07) is 4.72. The first-order valence-corrected chi connectivity index (χ1v) is 6.57. The van der Waals surface area contributed by atoms with Crippen LogP contribution < -0.4 is 5.73 Å². The Morgan fingerprint density at radius 3 is 2.29 bits per heavy atom. The van der Waals surface area contributed by atoms with Crippen LogP contribution in [-0.2, 0) is 6.18 Å². The van der Waals surface area contributed by atoms with Gasteiger partial charge in [0.2, 0.25) is 0 Å². The van der Waals surface area contributed by atoms with Gasteiger partial charge in [0.05, 0.1) is 16.1 Å². The summed E-state index contributed by atoms with van der Waals surface area (Å²) in [7, 11) is 0. The first-order valence-electron chi connectivity index (χ1n) is 5.78. The smallest absolute Gasteiger partial charge is 0.320 e. The molecule has 0 heterocycles. The normalized spacial score (nSPS) is 13.3. The lowest BCUT2D eigenvalue weighted by molar-refractivity contribution is -0.137. The van der Waals surface area contributed by atoms with E-state index < -0.39 is 35.0 Å². The maximum absolute atomic E-state index is 13.9. The van der Waals surface area contributed by atoms with Gasteiger partial charge in [-0.1, -0.05) is 12.1 Å². The number of benzene rings is 2. The van der Waals surface area contributed by atoms with Crippen molar-refractivity contribution in [1.29, 1.82) is 0 Å². The number of hydrogen-bond acceptors (Lipinski definition) is 1. The molecule has 1 atom stereocenters. The second kappa shape index (κ2) is 5.73. The molecule has 1 unspecified atom stereocenters. The zero-order valence-corrected chi connectivity index (χ0v) is 12.0. The molecule has 2 rings (SSSR count). The van der Waals surface area contributed by atoms with Crippen molar-refractivity contribution in [3.63, 3.8) is 0 Å². The molecule has 0 bridgehead atoms. The Bertz CT molecular complexity index is 669. The van der Waals surface area contributed by atoms with Crippen molar-refractivity contribution in [2.75, 3.05) is 0 Å². The van der Waals surface area contributed by atoms with Crippen molar-refractivity contribution in [3.8, 4) is 0 Å². The van der Waals surface area contributed by atoms with E-state index in [2.05, 4.69) is 15.9 Å². The number of rotatable bonds is 2. The van der Waals surface area contributed by atoms with E-state index in [1.807, 2.05) is 0 Å². The molecule has 0 aromatic heterocycles. The number of hydrogen-bond donors (Lipinski definition) is 1. The first-order chi connectivity index (χ1) is 9.71. The van der Waals surface area contributed by atoms with E-state index in [-0.39, 0.29) is 10.0 Å². The molecule has 0 aliphatic carbocycles. The minimum absolute atomic E-state index is 0.0948. The summed E-state index contributed by atoms with van der Waals surface area (Å²) < 4.78 is 65.8. The summed E-state index contributed by atoms with van der Waals surface area (Å²) >= 11 is 2.95. The van der Waals surface area contributed by atoms with Gasteiger partial charge < -0.3 is 5.73 Å². The predicted molar refractivity (Wildman–Crippen MR) is 71.5 cm³/mol. The van der Waals surface area contributed by atoms with Crippen LogP contribution in [0.4, 0.5) is 22.0 Å². The molecule has 21 heavy (non-hydrogen) atoms. The van der Waals surface area contributed by atoms with E-state index in [4.69, 9.17) is 5.73 Å². The lowest BCUT2D eigenvalue weighted by Crippen LogP contribution is -2.17. The van der Waals surface area contributed by atoms with Crippen LogP contribution in [0.25, 0.3) is 0 Å². The third kappa shape index (κ3) is 3.24. The minimum atomic E-state index is -4.63. The Kier molecular flexibility index (Phi) is 4.34. The van der Waals surface area contributed by atoms with Crippen molar-refractivity contribution in [2.24, 2.45) is 5.73 Å². The molecule has 0 spiro atoms. The SMILES string of the molecule is NC(c1cc(C(F)(F)F)ccc1F)c1cccc(Br)c1F. The molecule has 0 saturated carbocycles. The largest absolute Gasteiger partial charge is 0.416 e. The van der Waals surface area contributed by atoms with Gasteiger partial charge in [-0.3, -0.25) is 0 Å². The highest BCUT2D eigenvalue weighted by Crippen LogP contribution is 2.34. The van der Waals surface area contributed by atoms with Gasteiger partial charge >= 0.3 is 6.18 Å². The van der Waals surface area contributed by atoms with E-state index in [1.165, 1.54) is 18.2 Å². The average Bonchev–Trinajstić information content (AvgIpc) is 2.40. The molecule has 7 heteroatoms. The van der Waals surface area contributed by atoms with Crippen molar-refractivity contribution < 1.29 is 22.0 Å². The Labute approximate surface area is 125 Å². The van der Waals surface area contributed by atoms with Crippen LogP contribution in [0.2, 0.25) is 0 Å². The maximum Gasteiger partial charge on any atom is 0.416 e. The van der Waals surface area contributed by atoms with Gasteiger partial charge in [0.15, 0.2) is 0 Å². The molecule has 2 aromatic carbocycles. The molecule has 0 aliphatic rings. The lowest BCUT2D eigenvalue weighted by Gasteiger charge is -2.17. The van der Waals surface area contributed by atoms with Crippen LogP contribution in [0.1, 0.15) is 22.7 Å². The van der Waals surface area contributed by atoms with Gasteiger partial charge in [-0.15, -0.1) is 0 Å². The molecule has 2 N–H and O–H groups in total. The topological polar surface area (TPSA) is 26.0 Å². The van der Waals surface area contributed by atoms with Crippen molar-refractivity contribution in [3.05, 3.63) is 69.2 Å². The fourth-order valence-corrected chi connectivity index (χ4v) is 2.27. The summed E-state index contributed by atoms with van der Waals surface area (Å²) in [5, 5.41) is 0. The summed E-state index contributed by atoms with van der Waals surface area (Å²) in [5.41, 5.74) is 4.18. The van der Waals surface area contributed by atoms with Gasteiger partial charge in [0.1, 0.15) is 11.6 Å². The Balaban J connectivity index is 2.53. The van der Waals surface area contributed by atoms with Crippen LogP contribution in [0.15, 0.2) is 40.9 Å². The van der Waals surface area contributed by atoms with Crippen molar-refractivity contribution in [1.82, 2.24) is 0 Å². The molecular formula is C14H9BrF5N. The molecule has 1 nitrogen and oxygen atoms in total. The Morgan fingerprint density at radius 1 is 1.00 bits per heavy atom. The fourth-order valence-electron chi connectivity index (χ4n) is 1.89. The summed E-state index contributed by atoms with van der Waals surface area (Å²) in [5.74, 6) is -1.66. The third-order valence-corrected chi connectivity index (χ3v) is 3.59. The highest BCUT2D eigenvalue weighted by molar-refractivity contribution is 9.10. The number of alkyl halides is 3.